The number of cyclic esters (lactones) is 4. The van der Waals surface area contributed by atoms with Crippen LogP contribution in [0.5, 0.6) is 0 Å². The van der Waals surface area contributed by atoms with Crippen molar-refractivity contribution >= 4 is 119 Å². The van der Waals surface area contributed by atoms with Crippen molar-refractivity contribution in [2.24, 2.45) is 27.7 Å². The summed E-state index contributed by atoms with van der Waals surface area (Å²) >= 11 is 9.53. The van der Waals surface area contributed by atoms with Gasteiger partial charge < -0.3 is 129 Å². The first-order valence-electron chi connectivity index (χ1n) is 44.2. The van der Waals surface area contributed by atoms with Crippen LogP contribution >= 0.6 is 23.2 Å². The Bertz CT molecular complexity index is 4690. The van der Waals surface area contributed by atoms with Crippen LogP contribution in [0.15, 0.2) is 152 Å². The third kappa shape index (κ3) is 56.9. The molecular formula is C96H138Cl2N10O36. The predicted octanol–water partition coefficient (Wildman–Crippen LogP) is 4.10. The van der Waals surface area contributed by atoms with E-state index in [0.717, 1.165) is 41.9 Å². The highest BCUT2D eigenvalue weighted by molar-refractivity contribution is 6.40. The minimum atomic E-state index is -1.66. The van der Waals surface area contributed by atoms with E-state index in [1.807, 2.05) is 48.5 Å². The van der Waals surface area contributed by atoms with E-state index in [9.17, 15) is 76.7 Å². The molecule has 2 aliphatic rings. The number of nitrogens with one attached hydrogen (secondary N) is 2. The van der Waals surface area contributed by atoms with Crippen LogP contribution in [0, 0.1) is 16.2 Å². The zero-order valence-corrected chi connectivity index (χ0v) is 83.3. The minimum absolute atomic E-state index is 0. The van der Waals surface area contributed by atoms with Crippen LogP contribution in [0.2, 0.25) is 0 Å². The molecule has 2 aliphatic heterocycles. The molecule has 13 N–H and O–H groups in total. The molecule has 6 amide bonds. The number of alkyl halides is 2. The number of amides is 6. The summed E-state index contributed by atoms with van der Waals surface area (Å²) in [4.78, 5) is 207. The van der Waals surface area contributed by atoms with E-state index >= 15 is 0 Å². The summed E-state index contributed by atoms with van der Waals surface area (Å²) < 4.78 is 68.8. The van der Waals surface area contributed by atoms with Gasteiger partial charge in [-0.2, -0.15) is 0 Å². The second-order valence-corrected chi connectivity index (χ2v) is 35.6. The van der Waals surface area contributed by atoms with Gasteiger partial charge in [-0.25, -0.2) is 33.6 Å². The van der Waals surface area contributed by atoms with Gasteiger partial charge in [-0.3, -0.25) is 62.8 Å². The molecule has 0 aromatic heterocycles. The van der Waals surface area contributed by atoms with E-state index in [2.05, 4.69) is 15.4 Å². The lowest BCUT2D eigenvalue weighted by atomic mass is 9.85. The maximum Gasteiger partial charge on any atom is 0.411 e. The zero-order valence-electron chi connectivity index (χ0n) is 81.8. The largest absolute Gasteiger partial charge is 0.464 e. The van der Waals surface area contributed by atoms with Crippen LogP contribution in [0.25, 0.3) is 0 Å². The van der Waals surface area contributed by atoms with Crippen LogP contribution in [0.1, 0.15) is 96.0 Å². The van der Waals surface area contributed by atoms with Gasteiger partial charge in [0.15, 0.2) is 11.6 Å². The molecule has 0 bridgehead atoms. The average molecular weight is 2080 g/mol. The summed E-state index contributed by atoms with van der Waals surface area (Å²) in [5.74, 6) is -7.11. The highest BCUT2D eigenvalue weighted by Gasteiger charge is 2.42. The molecule has 0 aliphatic carbocycles. The highest BCUT2D eigenvalue weighted by atomic mass is 35.5. The number of aliphatic hydroxyl groups excluding tert-OH is 7. The van der Waals surface area contributed by atoms with Gasteiger partial charge in [0.2, 0.25) is 0 Å². The number of alkyl carbamates (subject to hydrolysis) is 2. The van der Waals surface area contributed by atoms with Gasteiger partial charge in [0.05, 0.1) is 107 Å². The molecule has 48 heteroatoms. The Morgan fingerprint density at radius 3 is 0.979 bits per heavy atom. The standard InChI is InChI=1S/C37H48N4O13.C32H40N4O11.C12H23NO6.C9H10O3.C4H11NO3.CH2Cl2.CH4/c1-36(2,3)54-33(46)38-17-29(42)16-37(24-52-31(44)19-40(5)34(47)49-21-27-12-8-6-9-13-27)23-51-30(43)18-39(4)26-41(20-32(45)53-25-37)35(48)50-22-28-14-10-7-11-15-28;1-34-15-27(38)45-20-32(13-26(37)14-33,21-46-28(39)16-35(2)30(41)43-18-24-9-5-3-6-10-24)22-47-29(40)17-36(23-34)31(42)44-19-25-11-7-4-8-12-25;1-11(2,3)19-10(18)13-5-9(17)4-12(6-14,7-15)8-16;10-6-9(11)12-7-8-4-2-1-3-5-8;5-4(1-6,2-7)3-8;2-1-3;/h6-15H,16-26H2,1-5H3,(H,38,46);3-12H,13-23,33H2,1-2H3;14-16H,4-8H2,1-3H3,(H,13,18);1-5,10H,6-7H2;6-8H,1-3,5H2;1H2;1H4. The second kappa shape index (κ2) is 69.2. The van der Waals surface area contributed by atoms with Crippen LogP contribution in [0.3, 0.4) is 0 Å². The molecule has 5 aromatic rings. The number of nitrogens with zero attached hydrogens (tertiary/aromatic N) is 6. The smallest absolute Gasteiger partial charge is 0.411 e. The molecule has 2 fully saturated rings. The van der Waals surface area contributed by atoms with Gasteiger partial charge >= 0.3 is 78.3 Å². The molecule has 0 spiro atoms. The van der Waals surface area contributed by atoms with E-state index < -0.39 is 254 Å². The fraction of sp³-hybridized carbons (Fsp3) is 0.521. The van der Waals surface area contributed by atoms with E-state index in [1.54, 1.807) is 145 Å². The Hall–Kier alpha value is -12.8. The maximum atomic E-state index is 13.3. The second-order valence-electron chi connectivity index (χ2n) is 34.8. The number of carbonyl (C=O) groups is 16. The molecule has 2 unspecified atom stereocenters. The van der Waals surface area contributed by atoms with Crippen LogP contribution < -0.4 is 22.1 Å². The van der Waals surface area contributed by atoms with E-state index in [1.165, 1.54) is 38.0 Å². The Balaban J connectivity index is 0.00000103. The van der Waals surface area contributed by atoms with Crippen LogP contribution in [-0.2, 0) is 143 Å². The number of likely N-dealkylation sites (N-methyl/N-ethyl adjacent to an activating group) is 4. The molecule has 802 valence electrons. The van der Waals surface area contributed by atoms with Gasteiger partial charge in [-0.15, -0.1) is 23.2 Å². The van der Waals surface area contributed by atoms with Gasteiger partial charge in [0.25, 0.3) is 0 Å². The first-order valence-corrected chi connectivity index (χ1v) is 45.3. The third-order valence-electron chi connectivity index (χ3n) is 19.1. The van der Waals surface area contributed by atoms with Gasteiger partial charge in [0, 0.05) is 38.8 Å². The molecular weight excluding hydrogens is 1940 g/mol. The average Bonchev–Trinajstić information content (AvgIpc) is 0.835. The minimum Gasteiger partial charge on any atom is -0.464 e. The quantitative estimate of drug-likeness (QED) is 0.0153. The van der Waals surface area contributed by atoms with Crippen molar-refractivity contribution in [3.05, 3.63) is 179 Å². The summed E-state index contributed by atoms with van der Waals surface area (Å²) in [5, 5.41) is 65.4. The van der Waals surface area contributed by atoms with Crippen LogP contribution in [0.4, 0.5) is 28.8 Å². The lowest BCUT2D eigenvalue weighted by Crippen LogP contribution is -2.50. The van der Waals surface area contributed by atoms with Crippen molar-refractivity contribution in [3.8, 4) is 0 Å². The van der Waals surface area contributed by atoms with E-state index in [0.29, 0.717) is 5.56 Å². The van der Waals surface area contributed by atoms with Crippen molar-refractivity contribution < 1.29 is 174 Å². The number of ether oxygens (including phenoxy) is 13. The van der Waals surface area contributed by atoms with Crippen LogP contribution in [-0.4, -0.2) is 369 Å². The number of esters is 7. The lowest BCUT2D eigenvalue weighted by molar-refractivity contribution is -0.168. The Kier molecular flexibility index (Phi) is 62.1. The number of halogens is 2. The number of benzene rings is 5. The monoisotopic (exact) mass is 2080 g/mol. The molecule has 2 atom stereocenters. The van der Waals surface area contributed by atoms with E-state index in [4.69, 9.17) is 127 Å². The molecule has 144 heavy (non-hydrogen) atoms. The Morgan fingerprint density at radius 2 is 0.701 bits per heavy atom. The normalized spacial score (nSPS) is 15.3. The molecule has 0 saturated carbocycles. The fourth-order valence-corrected chi connectivity index (χ4v) is 11.5. The number of rotatable bonds is 36. The van der Waals surface area contributed by atoms with Gasteiger partial charge in [-0.05, 0) is 83.5 Å². The molecule has 46 nitrogen and oxygen atoms in total. The lowest BCUT2D eigenvalue weighted by Gasteiger charge is -2.33. The number of Topliss-reactive ketones (excluding diaryl/α,β-unsaturated/α-hetero) is 3. The summed E-state index contributed by atoms with van der Waals surface area (Å²) in [6, 6.07) is 45.0. The molecule has 7 rings (SSSR count). The van der Waals surface area contributed by atoms with Crippen molar-refractivity contribution in [3.63, 3.8) is 0 Å². The summed E-state index contributed by atoms with van der Waals surface area (Å²) in [6.45, 7) is -0.833. The topological polar surface area (TPSA) is 630 Å². The number of aliphatic hydroxyl groups is 7. The fourth-order valence-electron chi connectivity index (χ4n) is 11.5. The first kappa shape index (κ1) is 129. The summed E-state index contributed by atoms with van der Waals surface area (Å²) in [5.41, 5.74) is 7.41. The zero-order chi connectivity index (χ0) is 107. The maximum absolute atomic E-state index is 13.3. The molecule has 0 radical (unpaired) electrons. The number of carbonyl (C=O) groups excluding carboxylic acids is 16. The molecule has 2 saturated heterocycles. The van der Waals surface area contributed by atoms with E-state index in [-0.39, 0.29) is 98.2 Å². The SMILES string of the molecule is C.CC(C)(C)OC(=O)NCC(=O)CC(CO)(CO)CO.CN1CC(=O)OCC(COC(=O)CN(C)C(=O)OCc2ccccc2)(CC(=O)CN)COC(=O)CN(C(=O)OCc2ccccc2)C1.CN1CC(=O)OCC(COC(=O)CN(C)C(=O)OCc2ccccc2)(CC(=O)CNC(=O)OC(C)(C)C)COC(=O)CN(C(=O)OCc2ccccc2)C1.ClCCl.NC(CO)(CO)CO.O=C(CO)OCc1ccccc1. The number of ketones is 3. The molecule has 5 aromatic carbocycles. The number of hydrogen-bond acceptors (Lipinski definition) is 40. The number of hydrogen-bond donors (Lipinski definition) is 11. The first-order chi connectivity index (χ1) is 67.6. The Morgan fingerprint density at radius 1 is 0.417 bits per heavy atom. The van der Waals surface area contributed by atoms with Crippen molar-refractivity contribution in [2.45, 2.75) is 118 Å². The number of nitrogens with two attached hydrogens (primary N) is 2. The predicted molar refractivity (Wildman–Crippen MR) is 516 cm³/mol. The van der Waals surface area contributed by atoms with Gasteiger partial charge in [0.1, 0.15) is 122 Å². The van der Waals surface area contributed by atoms with Gasteiger partial charge in [-0.1, -0.05) is 159 Å². The third-order valence-corrected chi connectivity index (χ3v) is 19.1. The van der Waals surface area contributed by atoms with Crippen molar-refractivity contribution in [1.29, 1.82) is 0 Å². The Labute approximate surface area is 845 Å². The van der Waals surface area contributed by atoms with Crippen molar-refractivity contribution in [1.82, 2.24) is 40.0 Å². The summed E-state index contributed by atoms with van der Waals surface area (Å²) in [7, 11) is 5.71. The van der Waals surface area contributed by atoms with Crippen molar-refractivity contribution in [2.75, 3.05) is 192 Å². The summed E-state index contributed by atoms with van der Waals surface area (Å²) in [6.07, 6.45) is -5.96. The highest BCUT2D eigenvalue weighted by Crippen LogP contribution is 2.29. The molecule has 2 heterocycles.